The summed E-state index contributed by atoms with van der Waals surface area (Å²) in [5, 5.41) is 12.8. The molecule has 1 amide bonds. The molecular formula is C33H43FN4O3. The van der Waals surface area contributed by atoms with Crippen molar-refractivity contribution in [1.82, 2.24) is 20.1 Å². The van der Waals surface area contributed by atoms with Crippen LogP contribution >= 0.6 is 0 Å². The highest BCUT2D eigenvalue weighted by molar-refractivity contribution is 6.09. The number of piperazine rings is 1. The van der Waals surface area contributed by atoms with Crippen molar-refractivity contribution in [2.45, 2.75) is 51.6 Å². The number of aromatic nitrogens is 1. The highest BCUT2D eigenvalue weighted by atomic mass is 19.1. The number of pyridine rings is 1. The monoisotopic (exact) mass is 562 g/mol. The molecule has 3 aromatic rings. The average Bonchev–Trinajstić information content (AvgIpc) is 3.00. The fourth-order valence-electron chi connectivity index (χ4n) is 6.31. The van der Waals surface area contributed by atoms with Crippen molar-refractivity contribution < 1.29 is 19.0 Å². The van der Waals surface area contributed by atoms with Crippen molar-refractivity contribution in [2.24, 2.45) is 5.92 Å². The summed E-state index contributed by atoms with van der Waals surface area (Å²) in [5.74, 6) is -0.0546. The van der Waals surface area contributed by atoms with E-state index in [2.05, 4.69) is 22.0 Å². The number of aliphatic hydroxyl groups is 1. The van der Waals surface area contributed by atoms with Crippen LogP contribution in [-0.4, -0.2) is 84.4 Å². The predicted octanol–water partition coefficient (Wildman–Crippen LogP) is 4.87. The third kappa shape index (κ3) is 7.49. The number of nitrogens with zero attached hydrogens (tertiary/aromatic N) is 3. The number of aliphatic hydroxyl groups excluding tert-OH is 1. The molecule has 2 aliphatic rings. The molecule has 2 fully saturated rings. The van der Waals surface area contributed by atoms with E-state index in [1.54, 1.807) is 6.07 Å². The van der Waals surface area contributed by atoms with Crippen LogP contribution in [-0.2, 0) is 11.3 Å². The molecule has 1 saturated carbocycles. The summed E-state index contributed by atoms with van der Waals surface area (Å²) in [7, 11) is 0. The SMILES string of the molecule is C[C@H](NC(=O)c1c(CN2CCN(CCOCCO)CC2)c(-c2ccccc2)nc2ccc(F)cc12)C1CCCCC1. The van der Waals surface area contributed by atoms with Crippen molar-refractivity contribution in [1.29, 1.82) is 0 Å². The standard InChI is InChI=1S/C33H43FN4O3/c1-24(25-8-4-2-5-9-25)35-33(40)31-28-22-27(34)12-13-30(28)36-32(26-10-6-3-7-11-26)29(31)23-38-16-14-37(15-17-38)18-20-41-21-19-39/h3,6-7,10-13,22,24-25,39H,2,4-5,8-9,14-21,23H2,1H3,(H,35,40)/t24-/m0/s1. The van der Waals surface area contributed by atoms with Crippen LogP contribution in [0.25, 0.3) is 22.2 Å². The van der Waals surface area contributed by atoms with Crippen molar-refractivity contribution in [2.75, 3.05) is 52.5 Å². The summed E-state index contributed by atoms with van der Waals surface area (Å²) in [6.45, 7) is 7.95. The maximum absolute atomic E-state index is 14.6. The maximum atomic E-state index is 14.6. The number of fused-ring (bicyclic) bond motifs is 1. The summed E-state index contributed by atoms with van der Waals surface area (Å²) in [5.41, 5.74) is 3.73. The summed E-state index contributed by atoms with van der Waals surface area (Å²) in [6.07, 6.45) is 5.93. The summed E-state index contributed by atoms with van der Waals surface area (Å²) in [4.78, 5) is 23.9. The van der Waals surface area contributed by atoms with Crippen molar-refractivity contribution in [3.05, 3.63) is 65.5 Å². The van der Waals surface area contributed by atoms with Crippen LogP contribution in [0.4, 0.5) is 4.39 Å². The number of halogens is 1. The Bertz CT molecular complexity index is 1290. The van der Waals surface area contributed by atoms with E-state index in [4.69, 9.17) is 14.8 Å². The molecular weight excluding hydrogens is 519 g/mol. The number of carbonyl (C=O) groups is 1. The van der Waals surface area contributed by atoms with Gasteiger partial charge in [-0.1, -0.05) is 49.6 Å². The minimum atomic E-state index is -0.371. The zero-order chi connectivity index (χ0) is 28.6. The van der Waals surface area contributed by atoms with Crippen LogP contribution < -0.4 is 5.32 Å². The zero-order valence-electron chi connectivity index (χ0n) is 24.2. The normalized spacial score (nSPS) is 18.0. The molecule has 7 nitrogen and oxygen atoms in total. The molecule has 5 rings (SSSR count). The van der Waals surface area contributed by atoms with Gasteiger partial charge in [0, 0.05) is 61.8 Å². The molecule has 1 aliphatic carbocycles. The second-order valence-corrected chi connectivity index (χ2v) is 11.5. The molecule has 0 spiro atoms. The third-order valence-electron chi connectivity index (χ3n) is 8.67. The lowest BCUT2D eigenvalue weighted by molar-refractivity contribution is 0.0563. The Kier molecular flexibility index (Phi) is 10.3. The lowest BCUT2D eigenvalue weighted by Gasteiger charge is -2.35. The molecule has 0 radical (unpaired) electrons. The Balaban J connectivity index is 1.47. The number of ether oxygens (including phenoxy) is 1. The lowest BCUT2D eigenvalue weighted by Crippen LogP contribution is -2.47. The number of hydrogen-bond donors (Lipinski definition) is 2. The molecule has 0 bridgehead atoms. The van der Waals surface area contributed by atoms with E-state index in [-0.39, 0.29) is 24.4 Å². The van der Waals surface area contributed by atoms with Gasteiger partial charge in [0.2, 0.25) is 0 Å². The van der Waals surface area contributed by atoms with Crippen LogP contribution in [0.5, 0.6) is 0 Å². The first-order valence-electron chi connectivity index (χ1n) is 15.1. The number of nitrogens with one attached hydrogen (secondary N) is 1. The van der Waals surface area contributed by atoms with Crippen molar-refractivity contribution in [3.8, 4) is 11.3 Å². The topological polar surface area (TPSA) is 77.9 Å². The largest absolute Gasteiger partial charge is 0.394 e. The Morgan fingerprint density at radius 2 is 1.78 bits per heavy atom. The second-order valence-electron chi connectivity index (χ2n) is 11.5. The Morgan fingerprint density at radius 3 is 2.51 bits per heavy atom. The zero-order valence-corrected chi connectivity index (χ0v) is 24.2. The predicted molar refractivity (Wildman–Crippen MR) is 160 cm³/mol. The van der Waals surface area contributed by atoms with Crippen LogP contribution in [0.15, 0.2) is 48.5 Å². The molecule has 2 aromatic carbocycles. The van der Waals surface area contributed by atoms with Crippen LogP contribution in [0, 0.1) is 11.7 Å². The number of carbonyl (C=O) groups excluding carboxylic acids is 1. The van der Waals surface area contributed by atoms with Gasteiger partial charge in [-0.05, 0) is 43.9 Å². The highest BCUT2D eigenvalue weighted by Crippen LogP contribution is 2.33. The molecule has 41 heavy (non-hydrogen) atoms. The molecule has 220 valence electrons. The van der Waals surface area contributed by atoms with Gasteiger partial charge in [0.05, 0.1) is 36.6 Å². The Hall–Kier alpha value is -2.91. The van der Waals surface area contributed by atoms with E-state index in [9.17, 15) is 9.18 Å². The Labute approximate surface area is 242 Å². The second kappa shape index (κ2) is 14.3. The fraction of sp³-hybridized carbons (Fsp3) is 0.515. The molecule has 1 aliphatic heterocycles. The van der Waals surface area contributed by atoms with Crippen molar-refractivity contribution >= 4 is 16.8 Å². The van der Waals surface area contributed by atoms with E-state index in [1.807, 2.05) is 30.3 Å². The third-order valence-corrected chi connectivity index (χ3v) is 8.67. The molecule has 8 heteroatoms. The quantitative estimate of drug-likeness (QED) is 0.325. The van der Waals surface area contributed by atoms with Crippen LogP contribution in [0.2, 0.25) is 0 Å². The van der Waals surface area contributed by atoms with E-state index >= 15 is 0 Å². The molecule has 1 aromatic heterocycles. The van der Waals surface area contributed by atoms with Gasteiger partial charge in [-0.15, -0.1) is 0 Å². The van der Waals surface area contributed by atoms with Crippen molar-refractivity contribution in [3.63, 3.8) is 0 Å². The summed E-state index contributed by atoms with van der Waals surface area (Å²) < 4.78 is 20.1. The lowest BCUT2D eigenvalue weighted by atomic mass is 9.84. The number of rotatable bonds is 11. The minimum Gasteiger partial charge on any atom is -0.394 e. The van der Waals surface area contributed by atoms with Gasteiger partial charge in [0.25, 0.3) is 5.91 Å². The van der Waals surface area contributed by atoms with Crippen LogP contribution in [0.3, 0.4) is 0 Å². The maximum Gasteiger partial charge on any atom is 0.252 e. The molecule has 2 heterocycles. The van der Waals surface area contributed by atoms with Crippen LogP contribution in [0.1, 0.15) is 54.9 Å². The van der Waals surface area contributed by atoms with Gasteiger partial charge >= 0.3 is 0 Å². The molecule has 1 saturated heterocycles. The minimum absolute atomic E-state index is 0.0383. The smallest absolute Gasteiger partial charge is 0.252 e. The first kappa shape index (κ1) is 29.6. The Morgan fingerprint density at radius 1 is 1.05 bits per heavy atom. The van der Waals surface area contributed by atoms with Gasteiger partial charge in [-0.2, -0.15) is 0 Å². The summed E-state index contributed by atoms with van der Waals surface area (Å²) in [6, 6.07) is 14.6. The van der Waals surface area contributed by atoms with Gasteiger partial charge in [0.1, 0.15) is 5.82 Å². The number of benzene rings is 2. The first-order chi connectivity index (χ1) is 20.0. The fourth-order valence-corrected chi connectivity index (χ4v) is 6.31. The average molecular weight is 563 g/mol. The number of hydrogen-bond acceptors (Lipinski definition) is 6. The van der Waals surface area contributed by atoms with Gasteiger partial charge in [-0.25, -0.2) is 9.37 Å². The number of amides is 1. The van der Waals surface area contributed by atoms with E-state index in [1.165, 1.54) is 31.4 Å². The molecule has 0 unspecified atom stereocenters. The van der Waals surface area contributed by atoms with E-state index in [0.29, 0.717) is 42.1 Å². The molecule has 2 N–H and O–H groups in total. The highest BCUT2D eigenvalue weighted by Gasteiger charge is 2.28. The summed E-state index contributed by atoms with van der Waals surface area (Å²) >= 11 is 0. The van der Waals surface area contributed by atoms with Gasteiger partial charge in [-0.3, -0.25) is 14.6 Å². The molecule has 1 atom stereocenters. The first-order valence-corrected chi connectivity index (χ1v) is 15.1. The van der Waals surface area contributed by atoms with E-state index < -0.39 is 0 Å². The van der Waals surface area contributed by atoms with E-state index in [0.717, 1.165) is 62.4 Å². The van der Waals surface area contributed by atoms with Gasteiger partial charge < -0.3 is 15.2 Å². The van der Waals surface area contributed by atoms with Gasteiger partial charge in [0.15, 0.2) is 0 Å².